The van der Waals surface area contributed by atoms with E-state index in [-0.39, 0.29) is 0 Å². The third-order valence-corrected chi connectivity index (χ3v) is 7.15. The number of rotatable bonds is 3. The van der Waals surface area contributed by atoms with Crippen molar-refractivity contribution in [3.8, 4) is 0 Å². The van der Waals surface area contributed by atoms with E-state index in [4.69, 9.17) is 0 Å². The summed E-state index contributed by atoms with van der Waals surface area (Å²) in [4.78, 5) is 11.8. The number of Topliss-reactive ketones (excluding diaryl/α,β-unsaturated/α-hetero) is 1. The van der Waals surface area contributed by atoms with E-state index >= 15 is 0 Å². The zero-order chi connectivity index (χ0) is 10.7. The van der Waals surface area contributed by atoms with Crippen LogP contribution in [0.25, 0.3) is 0 Å². The van der Waals surface area contributed by atoms with E-state index in [1.807, 2.05) is 0 Å². The minimum atomic E-state index is 0.427. The number of hydrogen-bond acceptors (Lipinski definition) is 1. The first-order chi connectivity index (χ1) is 7.33. The quantitative estimate of drug-likeness (QED) is 0.677. The molecule has 0 bridgehead atoms. The van der Waals surface area contributed by atoms with E-state index in [9.17, 15) is 4.79 Å². The van der Waals surface area contributed by atoms with Crippen molar-refractivity contribution in [3.05, 3.63) is 0 Å². The number of ketones is 1. The van der Waals surface area contributed by atoms with Crippen molar-refractivity contribution in [3.63, 3.8) is 0 Å². The van der Waals surface area contributed by atoms with E-state index in [0.29, 0.717) is 21.9 Å². The van der Waals surface area contributed by atoms with Crippen molar-refractivity contribution < 1.29 is 4.79 Å². The normalized spacial score (nSPS) is 30.7. The van der Waals surface area contributed by atoms with Crippen molar-refractivity contribution in [1.29, 1.82) is 0 Å². The highest BCUT2D eigenvalue weighted by atomic mass is 32.2. The molecule has 0 radical (unpaired) electrons. The number of carbonyl (C=O) groups excluding carboxylic acids is 1. The minimum absolute atomic E-state index is 0.427. The molecular weight excluding hydrogens is 204 g/mol. The first kappa shape index (κ1) is 11.5. The van der Waals surface area contributed by atoms with Gasteiger partial charge in [-0.1, -0.05) is 6.42 Å². The summed E-state index contributed by atoms with van der Waals surface area (Å²) in [6.07, 6.45) is 10.3. The van der Waals surface area contributed by atoms with Crippen molar-refractivity contribution in [1.82, 2.24) is 0 Å². The summed E-state index contributed by atoms with van der Waals surface area (Å²) in [5.74, 6) is 1.84. The van der Waals surface area contributed by atoms with Crippen LogP contribution >= 0.6 is 0 Å². The molecule has 0 aliphatic heterocycles. The Labute approximate surface area is 96.4 Å². The van der Waals surface area contributed by atoms with Gasteiger partial charge in [-0.05, 0) is 39.0 Å². The Kier molecular flexibility index (Phi) is 4.13. The van der Waals surface area contributed by atoms with Gasteiger partial charge in [0.05, 0.1) is 0 Å². The molecule has 2 fully saturated rings. The van der Waals surface area contributed by atoms with Crippen LogP contribution in [0, 0.1) is 0 Å². The van der Waals surface area contributed by atoms with Gasteiger partial charge in [0.1, 0.15) is 11.0 Å². The Morgan fingerprint density at radius 2 is 1.87 bits per heavy atom. The Bertz CT molecular complexity index is 221. The lowest BCUT2D eigenvalue weighted by Gasteiger charge is -2.25. The highest BCUT2D eigenvalue weighted by Crippen LogP contribution is 2.33. The maximum atomic E-state index is 11.8. The molecule has 2 rings (SSSR count). The zero-order valence-electron chi connectivity index (χ0n) is 9.84. The summed E-state index contributed by atoms with van der Waals surface area (Å²) in [7, 11) is 0.427. The topological polar surface area (TPSA) is 17.1 Å². The van der Waals surface area contributed by atoms with Gasteiger partial charge in [-0.15, -0.1) is 0 Å². The molecule has 0 amide bonds. The van der Waals surface area contributed by atoms with Crippen LogP contribution in [-0.4, -0.2) is 22.0 Å². The summed E-state index contributed by atoms with van der Waals surface area (Å²) in [6, 6.07) is 0. The summed E-state index contributed by atoms with van der Waals surface area (Å²) in [5, 5.41) is 1.37. The minimum Gasteiger partial charge on any atom is -0.294 e. The molecule has 15 heavy (non-hydrogen) atoms. The first-order valence-electron chi connectivity index (χ1n) is 6.54. The number of hydrogen-bond donors (Lipinski definition) is 0. The van der Waals surface area contributed by atoms with Gasteiger partial charge in [0, 0.05) is 23.7 Å². The smallest absolute Gasteiger partial charge is 0.184 e. The molecular formula is C13H23OS+. The molecule has 2 atom stereocenters. The first-order valence-corrected chi connectivity index (χ1v) is 8.06. The largest absolute Gasteiger partial charge is 0.294 e. The summed E-state index contributed by atoms with van der Waals surface area (Å²) < 4.78 is 0. The van der Waals surface area contributed by atoms with Crippen LogP contribution in [0.2, 0.25) is 0 Å². The lowest BCUT2D eigenvalue weighted by molar-refractivity contribution is -0.117. The van der Waals surface area contributed by atoms with Gasteiger partial charge in [0.15, 0.2) is 11.0 Å². The van der Waals surface area contributed by atoms with E-state index in [2.05, 4.69) is 6.92 Å². The van der Waals surface area contributed by atoms with Gasteiger partial charge < -0.3 is 0 Å². The van der Waals surface area contributed by atoms with Gasteiger partial charge >= 0.3 is 0 Å². The lowest BCUT2D eigenvalue weighted by atomic mass is 10.0. The molecule has 2 aliphatic rings. The molecule has 1 nitrogen and oxygen atoms in total. The standard InChI is InChI=1S/C13H23OS/c1-2-15(11-7-4-3-5-8-11)13-10-6-9-12(13)14/h11,13H,2-10H2,1H3/q+1. The third kappa shape index (κ3) is 2.58. The molecule has 0 aromatic heterocycles. The fourth-order valence-corrected chi connectivity index (χ4v) is 6.34. The fourth-order valence-electron chi connectivity index (χ4n) is 3.14. The molecule has 86 valence electrons. The molecule has 2 heteroatoms. The van der Waals surface area contributed by atoms with Crippen molar-refractivity contribution in [2.45, 2.75) is 68.8 Å². The van der Waals surface area contributed by atoms with Crippen LogP contribution in [0.1, 0.15) is 58.3 Å². The molecule has 0 heterocycles. The molecule has 0 spiro atoms. The van der Waals surface area contributed by atoms with Gasteiger partial charge in [0.2, 0.25) is 0 Å². The Morgan fingerprint density at radius 3 is 2.40 bits per heavy atom. The van der Waals surface area contributed by atoms with Gasteiger partial charge in [-0.2, -0.15) is 0 Å². The summed E-state index contributed by atoms with van der Waals surface area (Å²) in [6.45, 7) is 2.29. The van der Waals surface area contributed by atoms with Crippen LogP contribution in [0.3, 0.4) is 0 Å². The molecule has 2 unspecified atom stereocenters. The van der Waals surface area contributed by atoms with E-state index < -0.39 is 0 Å². The predicted octanol–water partition coefficient (Wildman–Crippen LogP) is 3.08. The van der Waals surface area contributed by atoms with E-state index in [1.165, 1.54) is 50.7 Å². The Morgan fingerprint density at radius 1 is 1.13 bits per heavy atom. The number of carbonyl (C=O) groups is 1. The lowest BCUT2D eigenvalue weighted by Crippen LogP contribution is -2.37. The fraction of sp³-hybridized carbons (Fsp3) is 0.923. The average molecular weight is 227 g/mol. The van der Waals surface area contributed by atoms with Crippen molar-refractivity contribution >= 4 is 16.7 Å². The second kappa shape index (κ2) is 5.38. The van der Waals surface area contributed by atoms with Gasteiger partial charge in [-0.3, -0.25) is 4.79 Å². The Hall–Kier alpha value is 0.0200. The molecule has 0 saturated heterocycles. The van der Waals surface area contributed by atoms with Crippen molar-refractivity contribution in [2.75, 3.05) is 5.75 Å². The SMILES string of the molecule is CC[S+](C1CCCCC1)C1CCCC1=O. The van der Waals surface area contributed by atoms with Crippen LogP contribution in [0.5, 0.6) is 0 Å². The van der Waals surface area contributed by atoms with Crippen molar-refractivity contribution in [2.24, 2.45) is 0 Å². The average Bonchev–Trinajstić information content (AvgIpc) is 2.68. The van der Waals surface area contributed by atoms with E-state index in [1.54, 1.807) is 0 Å². The predicted molar refractivity (Wildman–Crippen MR) is 67.4 cm³/mol. The Balaban J connectivity index is 1.98. The third-order valence-electron chi connectivity index (χ3n) is 3.93. The molecule has 0 N–H and O–H groups in total. The monoisotopic (exact) mass is 227 g/mol. The van der Waals surface area contributed by atoms with Crippen LogP contribution in [0.15, 0.2) is 0 Å². The van der Waals surface area contributed by atoms with Crippen LogP contribution in [0.4, 0.5) is 0 Å². The molecule has 0 aromatic carbocycles. The summed E-state index contributed by atoms with van der Waals surface area (Å²) in [5.41, 5.74) is 0. The molecule has 0 aromatic rings. The highest BCUT2D eigenvalue weighted by molar-refractivity contribution is 7.98. The molecule has 2 saturated carbocycles. The maximum absolute atomic E-state index is 11.8. The van der Waals surface area contributed by atoms with Gasteiger partial charge in [0.25, 0.3) is 0 Å². The van der Waals surface area contributed by atoms with Crippen LogP contribution < -0.4 is 0 Å². The second-order valence-electron chi connectivity index (χ2n) is 4.87. The maximum Gasteiger partial charge on any atom is 0.184 e. The van der Waals surface area contributed by atoms with Crippen LogP contribution in [-0.2, 0) is 15.7 Å². The van der Waals surface area contributed by atoms with E-state index in [0.717, 1.165) is 11.7 Å². The molecule has 2 aliphatic carbocycles. The highest BCUT2D eigenvalue weighted by Gasteiger charge is 2.43. The van der Waals surface area contributed by atoms with Gasteiger partial charge in [-0.25, -0.2) is 0 Å². The second-order valence-corrected chi connectivity index (χ2v) is 7.62. The summed E-state index contributed by atoms with van der Waals surface area (Å²) >= 11 is 0. The zero-order valence-corrected chi connectivity index (χ0v) is 10.7.